The third kappa shape index (κ3) is 3.91. The van der Waals surface area contributed by atoms with Crippen molar-refractivity contribution in [3.8, 4) is 0 Å². The van der Waals surface area contributed by atoms with Crippen LogP contribution in [0, 0.1) is 0 Å². The highest BCUT2D eigenvalue weighted by molar-refractivity contribution is 5.97. The first-order valence-corrected chi connectivity index (χ1v) is 8.42. The monoisotopic (exact) mass is 342 g/mol. The fraction of sp³-hybridized carbons (Fsp3) is 0.368. The summed E-state index contributed by atoms with van der Waals surface area (Å²) in [6, 6.07) is 10.3. The van der Waals surface area contributed by atoms with Crippen molar-refractivity contribution in [1.82, 2.24) is 5.32 Å². The number of nitrogens with one attached hydrogen (secondary N) is 1. The largest absolute Gasteiger partial charge is 0.466 e. The number of nitrogens with zero attached hydrogens (tertiary/aromatic N) is 1. The zero-order chi connectivity index (χ0) is 17.9. The van der Waals surface area contributed by atoms with Crippen molar-refractivity contribution in [2.24, 2.45) is 0 Å². The molecular weight excluding hydrogens is 320 g/mol. The molecule has 1 unspecified atom stereocenters. The molecule has 1 aromatic carbocycles. The first-order chi connectivity index (χ1) is 12.0. The number of furan rings is 1. The molecule has 0 saturated carbocycles. The smallest absolute Gasteiger partial charge is 0.251 e. The highest BCUT2D eigenvalue weighted by atomic mass is 16.4. The van der Waals surface area contributed by atoms with Crippen LogP contribution < -0.4 is 10.2 Å². The molecule has 0 spiro atoms. The zero-order valence-electron chi connectivity index (χ0n) is 14.2. The molecule has 0 aliphatic carbocycles. The van der Waals surface area contributed by atoms with Gasteiger partial charge in [0.05, 0.1) is 12.8 Å². The average Bonchev–Trinajstić information content (AvgIpc) is 3.16. The standard InChI is InChI=1S/C19H22N2O4/c1-19(24,16-5-4-12-25-16)13-20-18(23)14-7-9-15(10-8-14)21-11-3-2-6-17(21)22/h4-5,7-10,12,24H,2-3,6,11,13H2,1H3,(H,20,23). The average molecular weight is 342 g/mol. The van der Waals surface area contributed by atoms with Crippen LogP contribution in [0.1, 0.15) is 42.3 Å². The van der Waals surface area contributed by atoms with Crippen LogP contribution in [0.25, 0.3) is 0 Å². The molecular formula is C19H22N2O4. The van der Waals surface area contributed by atoms with Gasteiger partial charge in [0.15, 0.2) is 0 Å². The van der Waals surface area contributed by atoms with Gasteiger partial charge in [-0.3, -0.25) is 9.59 Å². The molecule has 1 aromatic heterocycles. The summed E-state index contributed by atoms with van der Waals surface area (Å²) in [6.45, 7) is 2.33. The molecule has 1 aliphatic heterocycles. The lowest BCUT2D eigenvalue weighted by molar-refractivity contribution is -0.119. The van der Waals surface area contributed by atoms with E-state index in [0.29, 0.717) is 17.7 Å². The second-order valence-electron chi connectivity index (χ2n) is 6.48. The summed E-state index contributed by atoms with van der Waals surface area (Å²) in [4.78, 5) is 26.0. The molecule has 1 atom stereocenters. The maximum absolute atomic E-state index is 12.3. The first kappa shape index (κ1) is 17.2. The third-order valence-electron chi connectivity index (χ3n) is 4.41. The predicted octanol–water partition coefficient (Wildman–Crippen LogP) is 2.43. The van der Waals surface area contributed by atoms with Gasteiger partial charge in [-0.15, -0.1) is 0 Å². The summed E-state index contributed by atoms with van der Waals surface area (Å²) in [7, 11) is 0. The van der Waals surface area contributed by atoms with Crippen LogP contribution in [-0.4, -0.2) is 30.0 Å². The number of benzene rings is 1. The summed E-state index contributed by atoms with van der Waals surface area (Å²) in [6.07, 6.45) is 3.98. The Morgan fingerprint density at radius 2 is 2.04 bits per heavy atom. The second-order valence-corrected chi connectivity index (χ2v) is 6.48. The lowest BCUT2D eigenvalue weighted by Gasteiger charge is -2.27. The van der Waals surface area contributed by atoms with E-state index in [2.05, 4.69) is 5.32 Å². The van der Waals surface area contributed by atoms with E-state index in [9.17, 15) is 14.7 Å². The minimum absolute atomic E-state index is 0.0334. The Morgan fingerprint density at radius 3 is 2.68 bits per heavy atom. The highest BCUT2D eigenvalue weighted by Gasteiger charge is 2.27. The SMILES string of the molecule is CC(O)(CNC(=O)c1ccc(N2CCCCC2=O)cc1)c1ccco1. The molecule has 2 amide bonds. The van der Waals surface area contributed by atoms with E-state index in [1.165, 1.54) is 6.26 Å². The molecule has 6 nitrogen and oxygen atoms in total. The number of amides is 2. The van der Waals surface area contributed by atoms with Crippen LogP contribution in [0.3, 0.4) is 0 Å². The number of carbonyl (C=O) groups is 2. The van der Waals surface area contributed by atoms with Crippen molar-refractivity contribution in [1.29, 1.82) is 0 Å². The molecule has 1 fully saturated rings. The fourth-order valence-corrected chi connectivity index (χ4v) is 2.90. The summed E-state index contributed by atoms with van der Waals surface area (Å²) in [5.41, 5.74) is 0.00607. The van der Waals surface area contributed by atoms with Crippen LogP contribution in [0.2, 0.25) is 0 Å². The lowest BCUT2D eigenvalue weighted by atomic mass is 10.0. The van der Waals surface area contributed by atoms with Crippen molar-refractivity contribution in [3.63, 3.8) is 0 Å². The lowest BCUT2D eigenvalue weighted by Crippen LogP contribution is -2.38. The quantitative estimate of drug-likeness (QED) is 0.874. The van der Waals surface area contributed by atoms with Crippen molar-refractivity contribution >= 4 is 17.5 Å². The molecule has 2 aromatic rings. The normalized spacial score (nSPS) is 17.2. The maximum Gasteiger partial charge on any atom is 0.251 e. The summed E-state index contributed by atoms with van der Waals surface area (Å²) in [5.74, 6) is 0.230. The molecule has 2 N–H and O–H groups in total. The van der Waals surface area contributed by atoms with Gasteiger partial charge in [-0.2, -0.15) is 0 Å². The Labute approximate surface area is 146 Å². The van der Waals surface area contributed by atoms with E-state index in [4.69, 9.17) is 4.42 Å². The molecule has 0 bridgehead atoms. The minimum Gasteiger partial charge on any atom is -0.466 e. The maximum atomic E-state index is 12.3. The van der Waals surface area contributed by atoms with Gasteiger partial charge in [0.25, 0.3) is 5.91 Å². The van der Waals surface area contributed by atoms with Crippen molar-refractivity contribution in [2.45, 2.75) is 31.8 Å². The molecule has 0 radical (unpaired) electrons. The van der Waals surface area contributed by atoms with Gasteiger partial charge in [0, 0.05) is 24.2 Å². The van der Waals surface area contributed by atoms with Gasteiger partial charge in [0.1, 0.15) is 11.4 Å². The van der Waals surface area contributed by atoms with E-state index >= 15 is 0 Å². The Balaban J connectivity index is 1.62. The van der Waals surface area contributed by atoms with E-state index in [-0.39, 0.29) is 18.4 Å². The van der Waals surface area contributed by atoms with Gasteiger partial charge in [0.2, 0.25) is 5.91 Å². The number of aliphatic hydroxyl groups is 1. The van der Waals surface area contributed by atoms with Crippen LogP contribution in [0.4, 0.5) is 5.69 Å². The third-order valence-corrected chi connectivity index (χ3v) is 4.41. The van der Waals surface area contributed by atoms with Crippen LogP contribution in [-0.2, 0) is 10.4 Å². The molecule has 1 aliphatic rings. The first-order valence-electron chi connectivity index (χ1n) is 8.42. The molecule has 25 heavy (non-hydrogen) atoms. The summed E-state index contributed by atoms with van der Waals surface area (Å²) < 4.78 is 5.19. The number of hydrogen-bond acceptors (Lipinski definition) is 4. The number of piperidine rings is 1. The zero-order valence-corrected chi connectivity index (χ0v) is 14.2. The van der Waals surface area contributed by atoms with Crippen LogP contribution in [0.5, 0.6) is 0 Å². The molecule has 132 valence electrons. The Hall–Kier alpha value is -2.60. The van der Waals surface area contributed by atoms with Crippen LogP contribution in [0.15, 0.2) is 47.1 Å². The van der Waals surface area contributed by atoms with Gasteiger partial charge in [-0.05, 0) is 56.2 Å². The molecule has 6 heteroatoms. The van der Waals surface area contributed by atoms with Crippen molar-refractivity contribution in [2.75, 3.05) is 18.0 Å². The fourth-order valence-electron chi connectivity index (χ4n) is 2.90. The van der Waals surface area contributed by atoms with Gasteiger partial charge >= 0.3 is 0 Å². The Bertz CT molecular complexity index is 735. The molecule has 1 saturated heterocycles. The predicted molar refractivity (Wildman–Crippen MR) is 93.3 cm³/mol. The van der Waals surface area contributed by atoms with E-state index < -0.39 is 5.60 Å². The molecule has 3 rings (SSSR count). The highest BCUT2D eigenvalue weighted by Crippen LogP contribution is 2.22. The minimum atomic E-state index is -1.28. The van der Waals surface area contributed by atoms with Crippen molar-refractivity contribution < 1.29 is 19.1 Å². The Kier molecular flexibility index (Phi) is 4.90. The van der Waals surface area contributed by atoms with Gasteiger partial charge in [-0.25, -0.2) is 0 Å². The van der Waals surface area contributed by atoms with E-state index in [1.807, 2.05) is 0 Å². The van der Waals surface area contributed by atoms with E-state index in [1.54, 1.807) is 48.2 Å². The number of hydrogen-bond donors (Lipinski definition) is 2. The topological polar surface area (TPSA) is 82.8 Å². The molecule has 2 heterocycles. The second kappa shape index (κ2) is 7.11. The summed E-state index contributed by atoms with van der Waals surface area (Å²) >= 11 is 0. The van der Waals surface area contributed by atoms with E-state index in [0.717, 1.165) is 25.1 Å². The summed E-state index contributed by atoms with van der Waals surface area (Å²) in [5, 5.41) is 13.1. The van der Waals surface area contributed by atoms with Crippen molar-refractivity contribution in [3.05, 3.63) is 54.0 Å². The van der Waals surface area contributed by atoms with Gasteiger partial charge in [-0.1, -0.05) is 0 Å². The number of carbonyl (C=O) groups excluding carboxylic acids is 2. The Morgan fingerprint density at radius 1 is 1.28 bits per heavy atom. The number of rotatable bonds is 5. The van der Waals surface area contributed by atoms with Crippen LogP contribution >= 0.6 is 0 Å². The van der Waals surface area contributed by atoms with Gasteiger partial charge < -0.3 is 19.7 Å². The number of anilines is 1.